The van der Waals surface area contributed by atoms with Crippen LogP contribution in [0.3, 0.4) is 0 Å². The minimum absolute atomic E-state index is 0.0883. The van der Waals surface area contributed by atoms with Gasteiger partial charge in [-0.25, -0.2) is 4.39 Å². The lowest BCUT2D eigenvalue weighted by atomic mass is 10.0. The van der Waals surface area contributed by atoms with E-state index in [9.17, 15) is 9.18 Å². The topological polar surface area (TPSA) is 88.2 Å². The second kappa shape index (κ2) is 9.32. The van der Waals surface area contributed by atoms with Gasteiger partial charge in [0.25, 0.3) is 5.89 Å². The first-order chi connectivity index (χ1) is 15.1. The summed E-state index contributed by atoms with van der Waals surface area (Å²) in [6.07, 6.45) is 0.0883. The molecule has 0 unspecified atom stereocenters. The molecule has 0 aliphatic rings. The second-order valence-electron chi connectivity index (χ2n) is 7.00. The Bertz CT molecular complexity index is 1170. The third-order valence-electron chi connectivity index (χ3n) is 4.80. The molecule has 3 aromatic carbocycles. The van der Waals surface area contributed by atoms with E-state index in [1.807, 2.05) is 48.5 Å². The second-order valence-corrected chi connectivity index (χ2v) is 7.00. The molecule has 0 aliphatic heterocycles. The highest BCUT2D eigenvalue weighted by atomic mass is 19.1. The molecular formula is C24H20FN3O3. The van der Waals surface area contributed by atoms with Crippen molar-refractivity contribution < 1.29 is 18.8 Å². The van der Waals surface area contributed by atoms with Crippen LogP contribution in [0.5, 0.6) is 0 Å². The molecule has 1 heterocycles. The van der Waals surface area contributed by atoms with Crippen molar-refractivity contribution in [3.05, 3.63) is 84.2 Å². The zero-order valence-corrected chi connectivity index (χ0v) is 16.6. The van der Waals surface area contributed by atoms with Gasteiger partial charge in [-0.05, 0) is 29.3 Å². The highest BCUT2D eigenvalue weighted by Gasteiger charge is 2.12. The number of carboxylic acids is 1. The molecule has 156 valence electrons. The number of nitrogens with zero attached hydrogens (tertiary/aromatic N) is 2. The predicted octanol–water partition coefficient (Wildman–Crippen LogP) is 4.77. The Morgan fingerprint density at radius 3 is 2.32 bits per heavy atom. The number of aromatic nitrogens is 2. The first kappa shape index (κ1) is 20.4. The van der Waals surface area contributed by atoms with Crippen molar-refractivity contribution in [1.82, 2.24) is 15.5 Å². The fourth-order valence-corrected chi connectivity index (χ4v) is 3.15. The van der Waals surface area contributed by atoms with Gasteiger partial charge in [0.1, 0.15) is 5.82 Å². The fraction of sp³-hybridized carbons (Fsp3) is 0.125. The largest absolute Gasteiger partial charge is 0.481 e. The summed E-state index contributed by atoms with van der Waals surface area (Å²) in [4.78, 5) is 15.0. The summed E-state index contributed by atoms with van der Waals surface area (Å²) in [6, 6.07) is 21.6. The van der Waals surface area contributed by atoms with Gasteiger partial charge < -0.3 is 14.9 Å². The number of rotatable bonds is 8. The molecule has 2 N–H and O–H groups in total. The van der Waals surface area contributed by atoms with Crippen LogP contribution in [-0.2, 0) is 11.3 Å². The molecular weight excluding hydrogens is 397 g/mol. The molecule has 4 aromatic rings. The fourth-order valence-electron chi connectivity index (χ4n) is 3.15. The van der Waals surface area contributed by atoms with Crippen molar-refractivity contribution in [2.45, 2.75) is 13.0 Å². The summed E-state index contributed by atoms with van der Waals surface area (Å²) >= 11 is 0. The number of carboxylic acid groups (broad SMARTS) is 1. The zero-order chi connectivity index (χ0) is 21.6. The summed E-state index contributed by atoms with van der Waals surface area (Å²) in [5.41, 5.74) is 3.90. The maximum Gasteiger partial charge on any atom is 0.304 e. The van der Waals surface area contributed by atoms with Crippen molar-refractivity contribution in [2.75, 3.05) is 6.54 Å². The Morgan fingerprint density at radius 1 is 0.935 bits per heavy atom. The van der Waals surface area contributed by atoms with Crippen LogP contribution in [0.4, 0.5) is 4.39 Å². The molecule has 0 bridgehead atoms. The summed E-state index contributed by atoms with van der Waals surface area (Å²) in [5.74, 6) is -0.235. The first-order valence-corrected chi connectivity index (χ1v) is 9.81. The van der Waals surface area contributed by atoms with Crippen LogP contribution < -0.4 is 5.32 Å². The van der Waals surface area contributed by atoms with Crippen LogP contribution in [0.1, 0.15) is 12.0 Å². The lowest BCUT2D eigenvalue weighted by molar-refractivity contribution is -0.136. The minimum Gasteiger partial charge on any atom is -0.481 e. The van der Waals surface area contributed by atoms with Gasteiger partial charge >= 0.3 is 5.97 Å². The molecule has 6 nitrogen and oxygen atoms in total. The number of benzene rings is 3. The quantitative estimate of drug-likeness (QED) is 0.402. The molecule has 4 rings (SSSR count). The molecule has 7 heteroatoms. The number of carbonyl (C=O) groups is 1. The van der Waals surface area contributed by atoms with Gasteiger partial charge in [0.2, 0.25) is 5.82 Å². The minimum atomic E-state index is -0.822. The van der Waals surface area contributed by atoms with E-state index < -0.39 is 5.97 Å². The van der Waals surface area contributed by atoms with Gasteiger partial charge in [0.15, 0.2) is 0 Å². The van der Waals surface area contributed by atoms with Gasteiger partial charge in [0.05, 0.1) is 6.42 Å². The van der Waals surface area contributed by atoms with E-state index in [-0.39, 0.29) is 12.2 Å². The number of hydrogen-bond acceptors (Lipinski definition) is 5. The highest BCUT2D eigenvalue weighted by Crippen LogP contribution is 2.27. The van der Waals surface area contributed by atoms with E-state index in [0.29, 0.717) is 30.4 Å². The maximum absolute atomic E-state index is 14.0. The van der Waals surface area contributed by atoms with E-state index in [2.05, 4.69) is 15.5 Å². The number of hydrogen-bond donors (Lipinski definition) is 2. The van der Waals surface area contributed by atoms with Crippen LogP contribution in [0.25, 0.3) is 34.0 Å². The van der Waals surface area contributed by atoms with Crippen LogP contribution in [-0.4, -0.2) is 27.8 Å². The van der Waals surface area contributed by atoms with Crippen LogP contribution in [0, 0.1) is 5.82 Å². The summed E-state index contributed by atoms with van der Waals surface area (Å²) < 4.78 is 19.4. The van der Waals surface area contributed by atoms with E-state index in [0.717, 1.165) is 22.3 Å². The summed E-state index contributed by atoms with van der Waals surface area (Å²) in [7, 11) is 0. The van der Waals surface area contributed by atoms with Crippen molar-refractivity contribution in [3.63, 3.8) is 0 Å². The third-order valence-corrected chi connectivity index (χ3v) is 4.80. The number of nitrogens with one attached hydrogen (secondary N) is 1. The molecule has 0 atom stereocenters. The lowest BCUT2D eigenvalue weighted by Gasteiger charge is -2.04. The molecule has 0 spiro atoms. The Kier molecular flexibility index (Phi) is 6.14. The summed E-state index contributed by atoms with van der Waals surface area (Å²) in [6.45, 7) is 1.00. The zero-order valence-electron chi connectivity index (χ0n) is 16.6. The third kappa shape index (κ3) is 5.02. The number of halogens is 1. The molecule has 31 heavy (non-hydrogen) atoms. The molecule has 0 saturated carbocycles. The van der Waals surface area contributed by atoms with Crippen molar-refractivity contribution in [2.24, 2.45) is 0 Å². The van der Waals surface area contributed by atoms with Crippen molar-refractivity contribution >= 4 is 5.97 Å². The van der Waals surface area contributed by atoms with Crippen molar-refractivity contribution in [1.29, 1.82) is 0 Å². The van der Waals surface area contributed by atoms with Crippen LogP contribution in [0.15, 0.2) is 77.3 Å². The number of aliphatic carboxylic acids is 1. The van der Waals surface area contributed by atoms with E-state index in [4.69, 9.17) is 9.63 Å². The SMILES string of the molecule is O=C(O)CCNCc1ccc(-c2noc(-c3ccc(-c4ccccc4F)cc3)n2)cc1. The van der Waals surface area contributed by atoms with Gasteiger partial charge in [-0.2, -0.15) is 4.98 Å². The smallest absolute Gasteiger partial charge is 0.304 e. The van der Waals surface area contributed by atoms with E-state index in [1.165, 1.54) is 6.07 Å². The molecule has 0 saturated heterocycles. The van der Waals surface area contributed by atoms with Crippen molar-refractivity contribution in [3.8, 4) is 34.0 Å². The Labute approximate surface area is 178 Å². The average molecular weight is 417 g/mol. The Hall–Kier alpha value is -3.84. The highest BCUT2D eigenvalue weighted by molar-refractivity contribution is 5.68. The van der Waals surface area contributed by atoms with Gasteiger partial charge in [-0.3, -0.25) is 4.79 Å². The van der Waals surface area contributed by atoms with E-state index >= 15 is 0 Å². The monoisotopic (exact) mass is 417 g/mol. The van der Waals surface area contributed by atoms with E-state index in [1.54, 1.807) is 18.2 Å². The van der Waals surface area contributed by atoms with Crippen LogP contribution in [0.2, 0.25) is 0 Å². The average Bonchev–Trinajstić information content (AvgIpc) is 3.28. The Balaban J connectivity index is 1.43. The lowest BCUT2D eigenvalue weighted by Crippen LogP contribution is -2.17. The molecule has 0 radical (unpaired) electrons. The molecule has 0 fully saturated rings. The predicted molar refractivity (Wildman–Crippen MR) is 115 cm³/mol. The maximum atomic E-state index is 14.0. The standard InChI is InChI=1S/C24H20FN3O3/c25-21-4-2-1-3-20(21)17-9-11-19(12-10-17)24-27-23(28-31-24)18-7-5-16(6-8-18)15-26-14-13-22(29)30/h1-12,26H,13-15H2,(H,29,30). The molecule has 1 aromatic heterocycles. The van der Waals surface area contributed by atoms with Crippen LogP contribution >= 0.6 is 0 Å². The normalized spacial score (nSPS) is 10.9. The molecule has 0 aliphatic carbocycles. The van der Waals surface area contributed by atoms with Gasteiger partial charge in [0, 0.05) is 29.8 Å². The molecule has 0 amide bonds. The Morgan fingerprint density at radius 2 is 1.61 bits per heavy atom. The first-order valence-electron chi connectivity index (χ1n) is 9.81. The summed E-state index contributed by atoms with van der Waals surface area (Å²) in [5, 5.41) is 15.8. The van der Waals surface area contributed by atoms with Gasteiger partial charge in [-0.15, -0.1) is 0 Å². The van der Waals surface area contributed by atoms with Gasteiger partial charge in [-0.1, -0.05) is 59.8 Å².